The summed E-state index contributed by atoms with van der Waals surface area (Å²) in [6, 6.07) is 9.08. The number of benzene rings is 2. The van der Waals surface area contributed by atoms with E-state index >= 15 is 0 Å². The van der Waals surface area contributed by atoms with Gasteiger partial charge in [0.15, 0.2) is 0 Å². The van der Waals surface area contributed by atoms with E-state index in [4.69, 9.17) is 11.6 Å². The molecule has 0 bridgehead atoms. The van der Waals surface area contributed by atoms with Crippen LogP contribution < -0.4 is 10.6 Å². The van der Waals surface area contributed by atoms with Crippen molar-refractivity contribution in [1.29, 1.82) is 0 Å². The number of amides is 1. The van der Waals surface area contributed by atoms with Gasteiger partial charge in [0.25, 0.3) is 0 Å². The average Bonchev–Trinajstić information content (AvgIpc) is 3.21. The molecule has 0 saturated heterocycles. The van der Waals surface area contributed by atoms with Crippen molar-refractivity contribution in [3.63, 3.8) is 0 Å². The lowest BCUT2D eigenvalue weighted by atomic mass is 10.1. The Labute approximate surface area is 192 Å². The SMILES string of the molecule is O=C(NCc1ccc(S(=O)(=O)c2cc(Cl)cc(C(F)(F)F)c2)cc1)C1Cc2cnccc2N1. The molecule has 2 heterocycles. The molecule has 0 fully saturated rings. The van der Waals surface area contributed by atoms with Gasteiger partial charge in [-0.15, -0.1) is 0 Å². The van der Waals surface area contributed by atoms with Crippen LogP contribution in [0.5, 0.6) is 0 Å². The number of fused-ring (bicyclic) bond motifs is 1. The number of alkyl halides is 3. The molecule has 3 aromatic rings. The van der Waals surface area contributed by atoms with Gasteiger partial charge in [-0.2, -0.15) is 13.2 Å². The summed E-state index contributed by atoms with van der Waals surface area (Å²) in [5, 5.41) is 5.57. The third-order valence-corrected chi connectivity index (χ3v) is 7.15. The van der Waals surface area contributed by atoms with Gasteiger partial charge in [0, 0.05) is 36.1 Å². The lowest BCUT2D eigenvalue weighted by Gasteiger charge is -2.13. The van der Waals surface area contributed by atoms with Crippen LogP contribution in [0.1, 0.15) is 16.7 Å². The summed E-state index contributed by atoms with van der Waals surface area (Å²) >= 11 is 5.72. The molecule has 1 unspecified atom stereocenters. The number of carbonyl (C=O) groups excluding carboxylic acids is 1. The lowest BCUT2D eigenvalue weighted by Crippen LogP contribution is -2.38. The zero-order valence-electron chi connectivity index (χ0n) is 16.9. The number of hydrogen-bond acceptors (Lipinski definition) is 5. The molecular formula is C22H17ClF3N3O3S. The molecule has 0 aliphatic carbocycles. The molecule has 2 N–H and O–H groups in total. The van der Waals surface area contributed by atoms with Gasteiger partial charge in [0.05, 0.1) is 15.4 Å². The Morgan fingerprint density at radius 1 is 1.12 bits per heavy atom. The van der Waals surface area contributed by atoms with Crippen LogP contribution in [0, 0.1) is 0 Å². The molecule has 0 spiro atoms. The van der Waals surface area contributed by atoms with Crippen molar-refractivity contribution in [2.24, 2.45) is 0 Å². The van der Waals surface area contributed by atoms with Crippen molar-refractivity contribution in [2.75, 3.05) is 5.32 Å². The van der Waals surface area contributed by atoms with Crippen molar-refractivity contribution < 1.29 is 26.4 Å². The largest absolute Gasteiger partial charge is 0.416 e. The van der Waals surface area contributed by atoms with Gasteiger partial charge in [-0.25, -0.2) is 8.42 Å². The maximum absolute atomic E-state index is 13.0. The number of aromatic nitrogens is 1. The molecule has 1 amide bonds. The van der Waals surface area contributed by atoms with Crippen molar-refractivity contribution in [3.05, 3.63) is 82.6 Å². The Kier molecular flexibility index (Phi) is 6.06. The minimum Gasteiger partial charge on any atom is -0.373 e. The number of sulfone groups is 1. The molecule has 2 aromatic carbocycles. The Morgan fingerprint density at radius 3 is 2.52 bits per heavy atom. The van der Waals surface area contributed by atoms with Gasteiger partial charge in [-0.3, -0.25) is 9.78 Å². The van der Waals surface area contributed by atoms with Crippen LogP contribution in [0.2, 0.25) is 5.02 Å². The van der Waals surface area contributed by atoms with Crippen LogP contribution >= 0.6 is 11.6 Å². The predicted molar refractivity (Wildman–Crippen MR) is 116 cm³/mol. The predicted octanol–water partition coefficient (Wildman–Crippen LogP) is 4.24. The number of hydrogen-bond donors (Lipinski definition) is 2. The molecule has 0 saturated carbocycles. The van der Waals surface area contributed by atoms with Crippen molar-refractivity contribution in [3.8, 4) is 0 Å². The number of halogens is 4. The molecule has 1 aromatic heterocycles. The summed E-state index contributed by atoms with van der Waals surface area (Å²) < 4.78 is 64.7. The quantitative estimate of drug-likeness (QED) is 0.553. The summed E-state index contributed by atoms with van der Waals surface area (Å²) in [7, 11) is -4.22. The van der Waals surface area contributed by atoms with Gasteiger partial charge < -0.3 is 10.6 Å². The Balaban J connectivity index is 1.44. The summed E-state index contributed by atoms with van der Waals surface area (Å²) in [6.07, 6.45) is -0.892. The molecule has 11 heteroatoms. The first kappa shape index (κ1) is 23.1. The first-order valence-electron chi connectivity index (χ1n) is 9.73. The first-order chi connectivity index (χ1) is 15.5. The minimum atomic E-state index is -4.73. The monoisotopic (exact) mass is 495 g/mol. The molecule has 172 valence electrons. The molecule has 1 atom stereocenters. The third kappa shape index (κ3) is 4.96. The minimum absolute atomic E-state index is 0.154. The molecule has 1 aliphatic rings. The van der Waals surface area contributed by atoms with Crippen molar-refractivity contribution in [1.82, 2.24) is 10.3 Å². The van der Waals surface area contributed by atoms with E-state index in [0.29, 0.717) is 24.1 Å². The second-order valence-corrected chi connectivity index (χ2v) is 9.86. The smallest absolute Gasteiger partial charge is 0.373 e. The molecule has 4 rings (SSSR count). The van der Waals surface area contributed by atoms with Crippen molar-refractivity contribution in [2.45, 2.75) is 35.0 Å². The number of pyridine rings is 1. The zero-order chi connectivity index (χ0) is 23.8. The van der Waals surface area contributed by atoms with E-state index in [1.807, 2.05) is 0 Å². The highest BCUT2D eigenvalue weighted by Crippen LogP contribution is 2.34. The van der Waals surface area contributed by atoms with Crippen LogP contribution in [0.25, 0.3) is 0 Å². The fourth-order valence-electron chi connectivity index (χ4n) is 3.46. The van der Waals surface area contributed by atoms with Crippen molar-refractivity contribution >= 4 is 33.0 Å². The van der Waals surface area contributed by atoms with Gasteiger partial charge in [0.2, 0.25) is 15.7 Å². The summed E-state index contributed by atoms with van der Waals surface area (Å²) in [6.45, 7) is 0.154. The van der Waals surface area contributed by atoms with Gasteiger partial charge >= 0.3 is 6.18 Å². The van der Waals surface area contributed by atoms with E-state index in [-0.39, 0.29) is 22.4 Å². The number of nitrogens with one attached hydrogen (secondary N) is 2. The fourth-order valence-corrected chi connectivity index (χ4v) is 5.09. The second kappa shape index (κ2) is 8.68. The maximum atomic E-state index is 13.0. The van der Waals surface area contributed by atoms with E-state index in [1.165, 1.54) is 24.3 Å². The Hall–Kier alpha value is -3.11. The number of carbonyl (C=O) groups is 1. The normalized spacial score (nSPS) is 15.6. The van der Waals surface area contributed by atoms with E-state index < -0.39 is 32.5 Å². The molecule has 0 radical (unpaired) electrons. The van der Waals surface area contributed by atoms with Crippen LogP contribution in [0.4, 0.5) is 18.9 Å². The van der Waals surface area contributed by atoms with Crippen LogP contribution in [0.3, 0.4) is 0 Å². The highest BCUT2D eigenvalue weighted by Gasteiger charge is 2.33. The Morgan fingerprint density at radius 2 is 1.85 bits per heavy atom. The highest BCUT2D eigenvalue weighted by atomic mass is 35.5. The van der Waals surface area contributed by atoms with Crippen LogP contribution in [-0.4, -0.2) is 25.4 Å². The highest BCUT2D eigenvalue weighted by molar-refractivity contribution is 7.91. The molecule has 33 heavy (non-hydrogen) atoms. The number of nitrogens with zero attached hydrogens (tertiary/aromatic N) is 1. The van der Waals surface area contributed by atoms with Crippen LogP contribution in [-0.2, 0) is 33.8 Å². The van der Waals surface area contributed by atoms with Gasteiger partial charge in [0.1, 0.15) is 6.04 Å². The molecule has 1 aliphatic heterocycles. The van der Waals surface area contributed by atoms with Crippen LogP contribution in [0.15, 0.2) is 70.7 Å². The Bertz CT molecular complexity index is 1290. The zero-order valence-corrected chi connectivity index (χ0v) is 18.4. The molecule has 6 nitrogen and oxygen atoms in total. The number of anilines is 1. The average molecular weight is 496 g/mol. The number of rotatable bonds is 5. The maximum Gasteiger partial charge on any atom is 0.416 e. The van der Waals surface area contributed by atoms with Gasteiger partial charge in [-0.1, -0.05) is 23.7 Å². The summed E-state index contributed by atoms with van der Waals surface area (Å²) in [5.74, 6) is -0.221. The third-order valence-electron chi connectivity index (χ3n) is 5.18. The first-order valence-corrected chi connectivity index (χ1v) is 11.6. The standard InChI is InChI=1S/C22H17ClF3N3O3S/c23-16-8-15(22(24,25)26)9-18(10-16)33(31,32)17-3-1-13(2-4-17)11-28-21(30)20-7-14-12-27-6-5-19(14)29-20/h1-6,8-10,12,20,29H,7,11H2,(H,28,30). The molecular weight excluding hydrogens is 479 g/mol. The summed E-state index contributed by atoms with van der Waals surface area (Å²) in [5.41, 5.74) is 1.28. The van der Waals surface area contributed by atoms with E-state index in [9.17, 15) is 26.4 Å². The second-order valence-electron chi connectivity index (χ2n) is 7.47. The van der Waals surface area contributed by atoms with E-state index in [2.05, 4.69) is 15.6 Å². The lowest BCUT2D eigenvalue weighted by molar-refractivity contribution is -0.137. The summed E-state index contributed by atoms with van der Waals surface area (Å²) in [4.78, 5) is 15.7. The fraction of sp³-hybridized carbons (Fsp3) is 0.182. The van der Waals surface area contributed by atoms with Gasteiger partial charge in [-0.05, 0) is 47.5 Å². The topological polar surface area (TPSA) is 88.2 Å². The van der Waals surface area contributed by atoms with E-state index in [0.717, 1.165) is 17.3 Å². The van der Waals surface area contributed by atoms with E-state index in [1.54, 1.807) is 18.5 Å².